The molecule has 2 rings (SSSR count). The van der Waals surface area contributed by atoms with Gasteiger partial charge in [-0.25, -0.2) is 14.6 Å². The van der Waals surface area contributed by atoms with Crippen molar-refractivity contribution in [3.05, 3.63) is 57.8 Å². The van der Waals surface area contributed by atoms with E-state index in [0.29, 0.717) is 0 Å². The summed E-state index contributed by atoms with van der Waals surface area (Å²) in [6.07, 6.45) is 1.19. The van der Waals surface area contributed by atoms with Crippen LogP contribution in [0.25, 0.3) is 0 Å². The Bertz CT molecular complexity index is 842. The largest absolute Gasteiger partial charge is 0.462 e. The molecule has 0 aliphatic heterocycles. The molecule has 7 nitrogen and oxygen atoms in total. The van der Waals surface area contributed by atoms with Gasteiger partial charge in [0, 0.05) is 6.20 Å². The lowest BCUT2D eigenvalue weighted by Crippen LogP contribution is -2.22. The Hall–Kier alpha value is -2.64. The molecule has 0 bridgehead atoms. The van der Waals surface area contributed by atoms with Crippen LogP contribution in [0.2, 0.25) is 10.2 Å². The number of esters is 2. The van der Waals surface area contributed by atoms with Gasteiger partial charge < -0.3 is 14.8 Å². The Morgan fingerprint density at radius 3 is 2.54 bits per heavy atom. The van der Waals surface area contributed by atoms with E-state index in [0.717, 1.165) is 0 Å². The molecule has 9 heteroatoms. The molecule has 0 spiro atoms. The zero-order chi connectivity index (χ0) is 19.1. The number of para-hydroxylation sites is 1. The van der Waals surface area contributed by atoms with Crippen LogP contribution in [0, 0.1) is 0 Å². The maximum atomic E-state index is 12.0. The first-order valence-corrected chi connectivity index (χ1v) is 8.22. The molecule has 1 aromatic carbocycles. The number of hydrogen-bond acceptors (Lipinski definition) is 6. The lowest BCUT2D eigenvalue weighted by atomic mass is 10.2. The van der Waals surface area contributed by atoms with Gasteiger partial charge in [-0.2, -0.15) is 0 Å². The number of benzene rings is 1. The highest BCUT2D eigenvalue weighted by Crippen LogP contribution is 2.20. The first-order valence-electron chi connectivity index (χ1n) is 7.46. The lowest BCUT2D eigenvalue weighted by molar-refractivity contribution is -0.119. The molecule has 0 unspecified atom stereocenters. The highest BCUT2D eigenvalue weighted by molar-refractivity contribution is 6.41. The Kier molecular flexibility index (Phi) is 6.94. The first kappa shape index (κ1) is 19.7. The first-order chi connectivity index (χ1) is 12.4. The molecule has 0 aliphatic carbocycles. The molecule has 0 aliphatic rings. The summed E-state index contributed by atoms with van der Waals surface area (Å²) in [5.74, 6) is -1.98. The Labute approximate surface area is 159 Å². The molecule has 1 amide bonds. The molecule has 1 heterocycles. The number of halogens is 2. The predicted octanol–water partition coefficient (Wildman–Crippen LogP) is 3.36. The molecule has 1 aromatic heterocycles. The SMILES string of the molecule is CCOC(=O)c1ccccc1NC(=O)COC(=O)c1cnc(Cl)c(Cl)c1. The van der Waals surface area contributed by atoms with Crippen LogP contribution in [0.3, 0.4) is 0 Å². The second-order valence-corrected chi connectivity index (χ2v) is 5.65. The number of rotatable bonds is 6. The monoisotopic (exact) mass is 396 g/mol. The van der Waals surface area contributed by atoms with Gasteiger partial charge in [0.2, 0.25) is 0 Å². The maximum absolute atomic E-state index is 12.0. The quantitative estimate of drug-likeness (QED) is 0.594. The number of ether oxygens (including phenoxy) is 2. The second-order valence-electron chi connectivity index (χ2n) is 4.89. The lowest BCUT2D eigenvalue weighted by Gasteiger charge is -2.10. The minimum Gasteiger partial charge on any atom is -0.462 e. The molecule has 1 N–H and O–H groups in total. The number of hydrogen-bond donors (Lipinski definition) is 1. The topological polar surface area (TPSA) is 94.6 Å². The average Bonchev–Trinajstić information content (AvgIpc) is 2.62. The predicted molar refractivity (Wildman–Crippen MR) is 95.6 cm³/mol. The van der Waals surface area contributed by atoms with Crippen LogP contribution in [0.1, 0.15) is 27.6 Å². The zero-order valence-electron chi connectivity index (χ0n) is 13.6. The van der Waals surface area contributed by atoms with Gasteiger partial charge in [-0.3, -0.25) is 4.79 Å². The summed E-state index contributed by atoms with van der Waals surface area (Å²) in [4.78, 5) is 39.5. The summed E-state index contributed by atoms with van der Waals surface area (Å²) in [6, 6.07) is 7.62. The van der Waals surface area contributed by atoms with Gasteiger partial charge in [-0.15, -0.1) is 0 Å². The molecule has 26 heavy (non-hydrogen) atoms. The van der Waals surface area contributed by atoms with E-state index in [1.807, 2.05) is 0 Å². The van der Waals surface area contributed by atoms with Gasteiger partial charge in [0.15, 0.2) is 6.61 Å². The number of amides is 1. The van der Waals surface area contributed by atoms with E-state index < -0.39 is 24.5 Å². The van der Waals surface area contributed by atoms with Crippen LogP contribution in [0.15, 0.2) is 36.5 Å². The Balaban J connectivity index is 1.98. The van der Waals surface area contributed by atoms with Crippen molar-refractivity contribution in [3.8, 4) is 0 Å². The molecule has 0 atom stereocenters. The van der Waals surface area contributed by atoms with Crippen LogP contribution in [0.4, 0.5) is 5.69 Å². The fourth-order valence-corrected chi connectivity index (χ4v) is 2.18. The molecule has 136 valence electrons. The van der Waals surface area contributed by atoms with Crippen molar-refractivity contribution in [2.45, 2.75) is 6.92 Å². The standard InChI is InChI=1S/C17H14Cl2N2O5/c1-2-25-17(24)11-5-3-4-6-13(11)21-14(22)9-26-16(23)10-7-12(18)15(19)20-8-10/h3-8H,2,9H2,1H3,(H,21,22). The summed E-state index contributed by atoms with van der Waals surface area (Å²) in [7, 11) is 0. The Morgan fingerprint density at radius 1 is 1.12 bits per heavy atom. The van der Waals surface area contributed by atoms with Crippen molar-refractivity contribution >= 4 is 46.7 Å². The van der Waals surface area contributed by atoms with Crippen molar-refractivity contribution in [2.24, 2.45) is 0 Å². The molecule has 0 radical (unpaired) electrons. The van der Waals surface area contributed by atoms with Crippen molar-refractivity contribution < 1.29 is 23.9 Å². The number of aromatic nitrogens is 1. The molecular formula is C17H14Cl2N2O5. The number of carbonyl (C=O) groups excluding carboxylic acids is 3. The number of nitrogens with zero attached hydrogens (tertiary/aromatic N) is 1. The minimum absolute atomic E-state index is 0.0523. The van der Waals surface area contributed by atoms with Gasteiger partial charge in [0.25, 0.3) is 5.91 Å². The maximum Gasteiger partial charge on any atom is 0.340 e. The van der Waals surface area contributed by atoms with Crippen LogP contribution in [-0.4, -0.2) is 36.0 Å². The van der Waals surface area contributed by atoms with Crippen LogP contribution < -0.4 is 5.32 Å². The smallest absolute Gasteiger partial charge is 0.340 e. The zero-order valence-corrected chi connectivity index (χ0v) is 15.1. The summed E-state index contributed by atoms with van der Waals surface area (Å²) >= 11 is 11.4. The summed E-state index contributed by atoms with van der Waals surface area (Å²) in [5, 5.41) is 2.64. The van der Waals surface area contributed by atoms with Crippen molar-refractivity contribution in [2.75, 3.05) is 18.5 Å². The van der Waals surface area contributed by atoms with E-state index in [9.17, 15) is 14.4 Å². The van der Waals surface area contributed by atoms with Gasteiger partial charge in [0.1, 0.15) is 5.15 Å². The van der Waals surface area contributed by atoms with Crippen molar-refractivity contribution in [3.63, 3.8) is 0 Å². The van der Waals surface area contributed by atoms with Crippen LogP contribution >= 0.6 is 23.2 Å². The molecule has 2 aromatic rings. The molecular weight excluding hydrogens is 383 g/mol. The molecule has 0 fully saturated rings. The highest BCUT2D eigenvalue weighted by atomic mass is 35.5. The number of nitrogens with one attached hydrogen (secondary N) is 1. The third kappa shape index (κ3) is 5.18. The number of pyridine rings is 1. The highest BCUT2D eigenvalue weighted by Gasteiger charge is 2.16. The fraction of sp³-hybridized carbons (Fsp3) is 0.176. The van der Waals surface area contributed by atoms with Crippen LogP contribution in [-0.2, 0) is 14.3 Å². The van der Waals surface area contributed by atoms with Gasteiger partial charge in [-0.05, 0) is 25.1 Å². The molecule has 0 saturated carbocycles. The van der Waals surface area contributed by atoms with Gasteiger partial charge in [0.05, 0.1) is 28.4 Å². The molecule has 0 saturated heterocycles. The van der Waals surface area contributed by atoms with Gasteiger partial charge in [-0.1, -0.05) is 35.3 Å². The summed E-state index contributed by atoms with van der Waals surface area (Å²) in [5.41, 5.74) is 0.505. The van der Waals surface area contributed by atoms with E-state index in [1.54, 1.807) is 19.1 Å². The number of carbonyl (C=O) groups is 3. The van der Waals surface area contributed by atoms with E-state index in [1.165, 1.54) is 24.4 Å². The third-order valence-electron chi connectivity index (χ3n) is 3.06. The Morgan fingerprint density at radius 2 is 1.85 bits per heavy atom. The van der Waals surface area contributed by atoms with Crippen LogP contribution in [0.5, 0.6) is 0 Å². The second kappa shape index (κ2) is 9.17. The average molecular weight is 397 g/mol. The van der Waals surface area contributed by atoms with E-state index >= 15 is 0 Å². The van der Waals surface area contributed by atoms with Crippen molar-refractivity contribution in [1.82, 2.24) is 4.98 Å². The van der Waals surface area contributed by atoms with E-state index in [2.05, 4.69) is 10.3 Å². The fourth-order valence-electron chi connectivity index (χ4n) is 1.91. The third-order valence-corrected chi connectivity index (χ3v) is 3.75. The normalized spacial score (nSPS) is 10.1. The van der Waals surface area contributed by atoms with E-state index in [4.69, 9.17) is 32.7 Å². The minimum atomic E-state index is -0.787. The van der Waals surface area contributed by atoms with Crippen molar-refractivity contribution in [1.29, 1.82) is 0 Å². The van der Waals surface area contributed by atoms with Gasteiger partial charge >= 0.3 is 11.9 Å². The summed E-state index contributed by atoms with van der Waals surface area (Å²) < 4.78 is 9.82. The number of anilines is 1. The van der Waals surface area contributed by atoms with E-state index in [-0.39, 0.29) is 33.6 Å². The summed E-state index contributed by atoms with van der Waals surface area (Å²) in [6.45, 7) is 1.32.